The van der Waals surface area contributed by atoms with Crippen molar-refractivity contribution in [3.8, 4) is 0 Å². The standard InChI is InChI=1S/C14H14BrN3O/c15-12-2-1-11(9-13(12)16)14(19)18-8-5-10-3-6-17-7-4-10/h1-4,6-7,9H,5,8,16H2,(H,18,19). The van der Waals surface area contributed by atoms with Gasteiger partial charge in [-0.15, -0.1) is 0 Å². The van der Waals surface area contributed by atoms with Crippen LogP contribution in [0.5, 0.6) is 0 Å². The summed E-state index contributed by atoms with van der Waals surface area (Å²) < 4.78 is 0.792. The van der Waals surface area contributed by atoms with E-state index in [4.69, 9.17) is 5.73 Å². The fourth-order valence-corrected chi connectivity index (χ4v) is 1.90. The highest BCUT2D eigenvalue weighted by molar-refractivity contribution is 9.10. The third-order valence-electron chi connectivity index (χ3n) is 2.71. The Labute approximate surface area is 120 Å². The molecular weight excluding hydrogens is 306 g/mol. The van der Waals surface area contributed by atoms with Crippen LogP contribution < -0.4 is 11.1 Å². The van der Waals surface area contributed by atoms with Crippen molar-refractivity contribution in [3.05, 3.63) is 58.3 Å². The second kappa shape index (κ2) is 6.33. The Balaban J connectivity index is 1.89. The molecule has 1 heterocycles. The van der Waals surface area contributed by atoms with E-state index >= 15 is 0 Å². The minimum absolute atomic E-state index is 0.117. The van der Waals surface area contributed by atoms with Crippen molar-refractivity contribution in [3.63, 3.8) is 0 Å². The number of nitrogens with one attached hydrogen (secondary N) is 1. The molecule has 2 aromatic rings. The molecule has 2 rings (SSSR count). The normalized spacial score (nSPS) is 10.2. The molecule has 0 aliphatic heterocycles. The van der Waals surface area contributed by atoms with Crippen molar-refractivity contribution in [1.82, 2.24) is 10.3 Å². The zero-order chi connectivity index (χ0) is 13.7. The molecule has 98 valence electrons. The number of rotatable bonds is 4. The Bertz CT molecular complexity index is 572. The van der Waals surface area contributed by atoms with Crippen LogP contribution in [0, 0.1) is 0 Å². The van der Waals surface area contributed by atoms with Crippen LogP contribution in [0.3, 0.4) is 0 Å². The van der Waals surface area contributed by atoms with E-state index in [0.717, 1.165) is 16.5 Å². The SMILES string of the molecule is Nc1cc(C(=O)NCCc2ccncc2)ccc1Br. The van der Waals surface area contributed by atoms with Gasteiger partial charge >= 0.3 is 0 Å². The quantitative estimate of drug-likeness (QED) is 0.850. The number of nitrogens with zero attached hydrogens (tertiary/aromatic N) is 1. The molecule has 0 atom stereocenters. The third kappa shape index (κ3) is 3.79. The Morgan fingerprint density at radius 3 is 2.68 bits per heavy atom. The predicted octanol–water partition coefficient (Wildman–Crippen LogP) is 2.40. The molecule has 0 saturated carbocycles. The molecule has 1 aromatic heterocycles. The second-order valence-electron chi connectivity index (χ2n) is 4.10. The molecule has 0 spiro atoms. The van der Waals surface area contributed by atoms with E-state index in [1.807, 2.05) is 12.1 Å². The number of nitrogen functional groups attached to an aromatic ring is 1. The van der Waals surface area contributed by atoms with Crippen LogP contribution >= 0.6 is 15.9 Å². The van der Waals surface area contributed by atoms with Crippen molar-refractivity contribution in [2.45, 2.75) is 6.42 Å². The van der Waals surface area contributed by atoms with Crippen molar-refractivity contribution < 1.29 is 4.79 Å². The monoisotopic (exact) mass is 319 g/mol. The number of halogens is 1. The summed E-state index contributed by atoms with van der Waals surface area (Å²) in [4.78, 5) is 15.9. The second-order valence-corrected chi connectivity index (χ2v) is 4.95. The van der Waals surface area contributed by atoms with Gasteiger partial charge in [0.25, 0.3) is 5.91 Å². The number of carbonyl (C=O) groups is 1. The average molecular weight is 320 g/mol. The number of pyridine rings is 1. The molecule has 1 amide bonds. The summed E-state index contributed by atoms with van der Waals surface area (Å²) in [5, 5.41) is 2.86. The fourth-order valence-electron chi connectivity index (χ4n) is 1.66. The van der Waals surface area contributed by atoms with Crippen molar-refractivity contribution in [1.29, 1.82) is 0 Å². The molecule has 0 aliphatic rings. The zero-order valence-corrected chi connectivity index (χ0v) is 11.9. The zero-order valence-electron chi connectivity index (χ0n) is 10.3. The fraction of sp³-hybridized carbons (Fsp3) is 0.143. The number of hydrogen-bond acceptors (Lipinski definition) is 3. The Kier molecular flexibility index (Phi) is 4.52. The minimum atomic E-state index is -0.117. The summed E-state index contributed by atoms with van der Waals surface area (Å²) in [6.45, 7) is 0.582. The Hall–Kier alpha value is -1.88. The number of anilines is 1. The van der Waals surface area contributed by atoms with E-state index in [2.05, 4.69) is 26.2 Å². The number of nitrogens with two attached hydrogens (primary N) is 1. The van der Waals surface area contributed by atoms with Gasteiger partial charge < -0.3 is 11.1 Å². The lowest BCUT2D eigenvalue weighted by Gasteiger charge is -2.06. The molecule has 5 heteroatoms. The lowest BCUT2D eigenvalue weighted by Crippen LogP contribution is -2.25. The molecule has 4 nitrogen and oxygen atoms in total. The van der Waals surface area contributed by atoms with Crippen molar-refractivity contribution in [2.24, 2.45) is 0 Å². The number of amides is 1. The first-order valence-corrected chi connectivity index (χ1v) is 6.68. The summed E-state index contributed by atoms with van der Waals surface area (Å²) >= 11 is 3.30. The van der Waals surface area contributed by atoms with Crippen LogP contribution in [0.15, 0.2) is 47.2 Å². The molecule has 0 bridgehead atoms. The van der Waals surface area contributed by atoms with E-state index in [-0.39, 0.29) is 5.91 Å². The summed E-state index contributed by atoms with van der Waals surface area (Å²) in [5.41, 5.74) is 8.01. The largest absolute Gasteiger partial charge is 0.398 e. The molecule has 0 aliphatic carbocycles. The van der Waals surface area contributed by atoms with Gasteiger partial charge in [-0.2, -0.15) is 0 Å². The summed E-state index contributed by atoms with van der Waals surface area (Å²) in [5.74, 6) is -0.117. The molecule has 19 heavy (non-hydrogen) atoms. The van der Waals surface area contributed by atoms with Crippen molar-refractivity contribution in [2.75, 3.05) is 12.3 Å². The average Bonchev–Trinajstić information content (AvgIpc) is 2.43. The molecular formula is C14H14BrN3O. The lowest BCUT2D eigenvalue weighted by atomic mass is 10.1. The molecule has 0 saturated heterocycles. The lowest BCUT2D eigenvalue weighted by molar-refractivity contribution is 0.0954. The van der Waals surface area contributed by atoms with E-state index in [9.17, 15) is 4.79 Å². The number of benzene rings is 1. The summed E-state index contributed by atoms with van der Waals surface area (Å²) in [7, 11) is 0. The summed E-state index contributed by atoms with van der Waals surface area (Å²) in [6.07, 6.45) is 4.26. The Morgan fingerprint density at radius 1 is 1.26 bits per heavy atom. The van der Waals surface area contributed by atoms with Crippen LogP contribution in [0.2, 0.25) is 0 Å². The maximum absolute atomic E-state index is 11.9. The molecule has 0 radical (unpaired) electrons. The van der Waals surface area contributed by atoms with Gasteiger partial charge in [0.1, 0.15) is 0 Å². The van der Waals surface area contributed by atoms with Gasteiger partial charge in [0.2, 0.25) is 0 Å². The highest BCUT2D eigenvalue weighted by Gasteiger charge is 2.06. The molecule has 0 unspecified atom stereocenters. The maximum Gasteiger partial charge on any atom is 0.251 e. The minimum Gasteiger partial charge on any atom is -0.398 e. The third-order valence-corrected chi connectivity index (χ3v) is 3.43. The number of hydrogen-bond donors (Lipinski definition) is 2. The number of carbonyl (C=O) groups excluding carboxylic acids is 1. The highest BCUT2D eigenvalue weighted by atomic mass is 79.9. The topological polar surface area (TPSA) is 68.0 Å². The molecule has 0 fully saturated rings. The first kappa shape index (κ1) is 13.5. The number of aromatic nitrogens is 1. The first-order chi connectivity index (χ1) is 9.16. The highest BCUT2D eigenvalue weighted by Crippen LogP contribution is 2.20. The smallest absolute Gasteiger partial charge is 0.251 e. The van der Waals surface area contributed by atoms with E-state index in [1.165, 1.54) is 0 Å². The van der Waals surface area contributed by atoms with E-state index < -0.39 is 0 Å². The van der Waals surface area contributed by atoms with E-state index in [0.29, 0.717) is 17.8 Å². The van der Waals surface area contributed by atoms with Gasteiger partial charge in [-0.05, 0) is 58.2 Å². The van der Waals surface area contributed by atoms with Crippen LogP contribution in [-0.2, 0) is 6.42 Å². The van der Waals surface area contributed by atoms with Crippen LogP contribution in [-0.4, -0.2) is 17.4 Å². The van der Waals surface area contributed by atoms with Gasteiger partial charge in [-0.1, -0.05) is 0 Å². The van der Waals surface area contributed by atoms with Gasteiger partial charge in [0.15, 0.2) is 0 Å². The van der Waals surface area contributed by atoms with Crippen LogP contribution in [0.4, 0.5) is 5.69 Å². The van der Waals surface area contributed by atoms with Gasteiger partial charge in [0.05, 0.1) is 0 Å². The van der Waals surface area contributed by atoms with Crippen LogP contribution in [0.25, 0.3) is 0 Å². The molecule has 3 N–H and O–H groups in total. The van der Waals surface area contributed by atoms with E-state index in [1.54, 1.807) is 30.6 Å². The Morgan fingerprint density at radius 2 is 2.00 bits per heavy atom. The van der Waals surface area contributed by atoms with Crippen LogP contribution in [0.1, 0.15) is 15.9 Å². The van der Waals surface area contributed by atoms with Gasteiger partial charge in [0, 0.05) is 34.7 Å². The first-order valence-electron chi connectivity index (χ1n) is 5.89. The van der Waals surface area contributed by atoms with Gasteiger partial charge in [-0.25, -0.2) is 0 Å². The van der Waals surface area contributed by atoms with Gasteiger partial charge in [-0.3, -0.25) is 9.78 Å². The molecule has 1 aromatic carbocycles. The maximum atomic E-state index is 11.9. The van der Waals surface area contributed by atoms with Crippen molar-refractivity contribution >= 4 is 27.5 Å². The summed E-state index contributed by atoms with van der Waals surface area (Å²) in [6, 6.07) is 9.04. The predicted molar refractivity (Wildman–Crippen MR) is 78.8 cm³/mol.